The molecule has 2 heterocycles. The van der Waals surface area contributed by atoms with E-state index in [9.17, 15) is 0 Å². The highest BCUT2D eigenvalue weighted by Gasteiger charge is 2.18. The van der Waals surface area contributed by atoms with Crippen molar-refractivity contribution in [3.05, 3.63) is 47.9 Å². The van der Waals surface area contributed by atoms with Crippen molar-refractivity contribution in [3.8, 4) is 5.75 Å². The predicted molar refractivity (Wildman–Crippen MR) is 74.5 cm³/mol. The van der Waals surface area contributed by atoms with Crippen molar-refractivity contribution in [2.75, 3.05) is 6.54 Å². The number of fused-ring (bicyclic) bond motifs is 3. The summed E-state index contributed by atoms with van der Waals surface area (Å²) in [4.78, 5) is 3.29. The molecule has 1 aliphatic heterocycles. The Morgan fingerprint density at radius 2 is 2.22 bits per heavy atom. The van der Waals surface area contributed by atoms with Crippen molar-refractivity contribution >= 4 is 16.5 Å². The summed E-state index contributed by atoms with van der Waals surface area (Å²) in [7, 11) is 0. The van der Waals surface area contributed by atoms with Gasteiger partial charge in [-0.25, -0.2) is 0 Å². The van der Waals surface area contributed by atoms with Crippen LogP contribution in [0.4, 0.5) is 0 Å². The standard InChI is InChI=1S/C15H16N2O/c1-9-7-10(2)18-13-4-3-12-15(14(9)13)11(5-6-16)8-17-12/h3-4,7-8,17H,2,5-6,16H2,1H3. The summed E-state index contributed by atoms with van der Waals surface area (Å²) in [5, 5.41) is 1.22. The SMILES string of the molecule is C=C1C=C(C)c2c(ccc3[nH]cc(CCN)c23)O1. The Kier molecular flexibility index (Phi) is 2.49. The van der Waals surface area contributed by atoms with Gasteiger partial charge < -0.3 is 15.5 Å². The minimum Gasteiger partial charge on any atom is -0.457 e. The molecule has 0 radical (unpaired) electrons. The zero-order chi connectivity index (χ0) is 12.7. The van der Waals surface area contributed by atoms with Gasteiger partial charge in [-0.1, -0.05) is 6.58 Å². The Balaban J connectivity index is 2.32. The largest absolute Gasteiger partial charge is 0.457 e. The van der Waals surface area contributed by atoms with Gasteiger partial charge in [-0.3, -0.25) is 0 Å². The summed E-state index contributed by atoms with van der Waals surface area (Å²) in [5.74, 6) is 1.57. The first-order valence-electron chi connectivity index (χ1n) is 6.09. The molecule has 1 aromatic heterocycles. The number of benzene rings is 1. The Morgan fingerprint density at radius 1 is 1.39 bits per heavy atom. The van der Waals surface area contributed by atoms with Crippen LogP contribution >= 0.6 is 0 Å². The molecule has 1 aliphatic rings. The lowest BCUT2D eigenvalue weighted by Crippen LogP contribution is -2.04. The summed E-state index contributed by atoms with van der Waals surface area (Å²) in [6, 6.07) is 4.03. The quantitative estimate of drug-likeness (QED) is 0.847. The second-order valence-electron chi connectivity index (χ2n) is 4.61. The molecule has 0 bridgehead atoms. The van der Waals surface area contributed by atoms with Gasteiger partial charge in [0.05, 0.1) is 0 Å². The molecule has 0 saturated carbocycles. The molecular formula is C15H16N2O. The number of H-pyrrole nitrogens is 1. The molecule has 0 atom stereocenters. The molecule has 0 aliphatic carbocycles. The number of nitrogens with two attached hydrogens (primary N) is 1. The summed E-state index contributed by atoms with van der Waals surface area (Å²) < 4.78 is 5.70. The van der Waals surface area contributed by atoms with Gasteiger partial charge in [0.15, 0.2) is 0 Å². The molecule has 0 amide bonds. The second kappa shape index (κ2) is 4.03. The van der Waals surface area contributed by atoms with Gasteiger partial charge in [0.25, 0.3) is 0 Å². The highest BCUT2D eigenvalue weighted by atomic mass is 16.5. The van der Waals surface area contributed by atoms with E-state index in [0.29, 0.717) is 12.3 Å². The molecule has 0 spiro atoms. The normalized spacial score (nSPS) is 14.3. The van der Waals surface area contributed by atoms with Gasteiger partial charge >= 0.3 is 0 Å². The van der Waals surface area contributed by atoms with E-state index in [2.05, 4.69) is 18.5 Å². The van der Waals surface area contributed by atoms with Crippen LogP contribution in [-0.2, 0) is 6.42 Å². The van der Waals surface area contributed by atoms with Crippen LogP contribution in [0.5, 0.6) is 5.75 Å². The number of allylic oxidation sites excluding steroid dienone is 2. The first-order chi connectivity index (χ1) is 8.70. The average Bonchev–Trinajstić information content (AvgIpc) is 2.72. The Morgan fingerprint density at radius 3 is 3.00 bits per heavy atom. The molecule has 2 aromatic rings. The Hall–Kier alpha value is -2.00. The molecule has 92 valence electrons. The van der Waals surface area contributed by atoms with Gasteiger partial charge in [-0.2, -0.15) is 0 Å². The van der Waals surface area contributed by atoms with Gasteiger partial charge in [0, 0.05) is 22.7 Å². The van der Waals surface area contributed by atoms with E-state index in [0.717, 1.165) is 23.3 Å². The van der Waals surface area contributed by atoms with E-state index in [-0.39, 0.29) is 0 Å². The van der Waals surface area contributed by atoms with Gasteiger partial charge in [-0.05, 0) is 49.2 Å². The fourth-order valence-corrected chi connectivity index (χ4v) is 2.59. The molecule has 0 fully saturated rings. The third kappa shape index (κ3) is 1.56. The van der Waals surface area contributed by atoms with Crippen molar-refractivity contribution in [2.45, 2.75) is 13.3 Å². The lowest BCUT2D eigenvalue weighted by atomic mass is 9.96. The van der Waals surface area contributed by atoms with Gasteiger partial charge in [-0.15, -0.1) is 0 Å². The van der Waals surface area contributed by atoms with E-state index in [1.54, 1.807) is 0 Å². The van der Waals surface area contributed by atoms with Crippen molar-refractivity contribution in [3.63, 3.8) is 0 Å². The number of hydrogen-bond acceptors (Lipinski definition) is 2. The van der Waals surface area contributed by atoms with Crippen LogP contribution in [0.15, 0.2) is 36.7 Å². The highest BCUT2D eigenvalue weighted by molar-refractivity contribution is 5.98. The summed E-state index contributed by atoms with van der Waals surface area (Å²) in [6.45, 7) is 6.60. The predicted octanol–water partition coefficient (Wildman–Crippen LogP) is 2.98. The fourth-order valence-electron chi connectivity index (χ4n) is 2.59. The summed E-state index contributed by atoms with van der Waals surface area (Å²) in [6.07, 6.45) is 4.88. The van der Waals surface area contributed by atoms with Crippen LogP contribution in [-0.4, -0.2) is 11.5 Å². The molecule has 3 heteroatoms. The lowest BCUT2D eigenvalue weighted by molar-refractivity contribution is 0.442. The van der Waals surface area contributed by atoms with Crippen molar-refractivity contribution in [1.82, 2.24) is 4.98 Å². The average molecular weight is 240 g/mol. The molecule has 1 aromatic carbocycles. The monoisotopic (exact) mass is 240 g/mol. The van der Waals surface area contributed by atoms with Crippen molar-refractivity contribution in [2.24, 2.45) is 5.73 Å². The number of ether oxygens (including phenoxy) is 1. The van der Waals surface area contributed by atoms with Crippen LogP contribution in [0.25, 0.3) is 16.5 Å². The molecule has 0 unspecified atom stereocenters. The Labute approximate surface area is 106 Å². The van der Waals surface area contributed by atoms with Crippen LogP contribution in [0.1, 0.15) is 18.1 Å². The first-order valence-corrected chi connectivity index (χ1v) is 6.09. The third-order valence-corrected chi connectivity index (χ3v) is 3.32. The summed E-state index contributed by atoms with van der Waals surface area (Å²) in [5.41, 5.74) is 10.4. The Bertz CT molecular complexity index is 664. The zero-order valence-corrected chi connectivity index (χ0v) is 10.4. The molecule has 3 nitrogen and oxygen atoms in total. The van der Waals surface area contributed by atoms with E-state index in [4.69, 9.17) is 10.5 Å². The third-order valence-electron chi connectivity index (χ3n) is 3.32. The number of nitrogens with one attached hydrogen (secondary N) is 1. The fraction of sp³-hybridized carbons (Fsp3) is 0.200. The van der Waals surface area contributed by atoms with E-state index < -0.39 is 0 Å². The maximum absolute atomic E-state index is 5.70. The van der Waals surface area contributed by atoms with E-state index >= 15 is 0 Å². The van der Waals surface area contributed by atoms with Crippen molar-refractivity contribution in [1.29, 1.82) is 0 Å². The summed E-state index contributed by atoms with van der Waals surface area (Å²) >= 11 is 0. The minimum absolute atomic E-state index is 0.646. The molecular weight excluding hydrogens is 224 g/mol. The minimum atomic E-state index is 0.646. The second-order valence-corrected chi connectivity index (χ2v) is 4.61. The van der Waals surface area contributed by atoms with Gasteiger partial charge in [0.2, 0.25) is 0 Å². The molecule has 3 N–H and O–H groups in total. The molecule has 18 heavy (non-hydrogen) atoms. The number of aromatic nitrogens is 1. The first kappa shape index (κ1) is 11.1. The maximum atomic E-state index is 5.70. The van der Waals surface area contributed by atoms with Crippen LogP contribution in [0, 0.1) is 0 Å². The topological polar surface area (TPSA) is 51.0 Å². The molecule has 0 saturated heterocycles. The molecule has 3 rings (SSSR count). The van der Waals surface area contributed by atoms with E-state index in [1.807, 2.05) is 24.4 Å². The van der Waals surface area contributed by atoms with Gasteiger partial charge in [0.1, 0.15) is 11.5 Å². The maximum Gasteiger partial charge on any atom is 0.135 e. The number of hydrogen-bond donors (Lipinski definition) is 2. The smallest absolute Gasteiger partial charge is 0.135 e. The van der Waals surface area contributed by atoms with Crippen LogP contribution in [0.2, 0.25) is 0 Å². The van der Waals surface area contributed by atoms with Crippen LogP contribution < -0.4 is 10.5 Å². The zero-order valence-electron chi connectivity index (χ0n) is 10.4. The van der Waals surface area contributed by atoms with Crippen molar-refractivity contribution < 1.29 is 4.74 Å². The number of rotatable bonds is 2. The number of aromatic amines is 1. The van der Waals surface area contributed by atoms with E-state index in [1.165, 1.54) is 16.5 Å². The van der Waals surface area contributed by atoms with Crippen LogP contribution in [0.3, 0.4) is 0 Å². The lowest BCUT2D eigenvalue weighted by Gasteiger charge is -2.19. The highest BCUT2D eigenvalue weighted by Crippen LogP contribution is 2.39.